The lowest BCUT2D eigenvalue weighted by Gasteiger charge is -2.11. The van der Waals surface area contributed by atoms with E-state index in [4.69, 9.17) is 0 Å². The standard InChI is InChI=1S/C17H15N5O3/c1-11(23)18-16-15(20-19-13-9-5-6-10-14(13)24)17(25)22(21-16)12-7-3-2-4-8-12/h2-10,15,24H,1H3,(H,18,21,23). The maximum absolute atomic E-state index is 12.6. The Labute approximate surface area is 143 Å². The first kappa shape index (κ1) is 16.3. The van der Waals surface area contributed by atoms with Gasteiger partial charge in [-0.2, -0.15) is 15.2 Å². The van der Waals surface area contributed by atoms with E-state index in [1.54, 1.807) is 42.5 Å². The van der Waals surface area contributed by atoms with E-state index in [2.05, 4.69) is 20.6 Å². The Morgan fingerprint density at radius 2 is 1.84 bits per heavy atom. The number of aromatic hydroxyl groups is 1. The minimum absolute atomic E-state index is 0.0605. The highest BCUT2D eigenvalue weighted by atomic mass is 16.3. The number of carbonyl (C=O) groups excluding carboxylic acids is 2. The van der Waals surface area contributed by atoms with Gasteiger partial charge in [0.2, 0.25) is 11.9 Å². The van der Waals surface area contributed by atoms with Crippen LogP contribution >= 0.6 is 0 Å². The number of benzene rings is 2. The van der Waals surface area contributed by atoms with Crippen LogP contribution in [0.25, 0.3) is 0 Å². The summed E-state index contributed by atoms with van der Waals surface area (Å²) in [6.07, 6.45) is 0. The highest BCUT2D eigenvalue weighted by Gasteiger charge is 2.37. The molecule has 0 spiro atoms. The Morgan fingerprint density at radius 3 is 2.52 bits per heavy atom. The number of nitrogens with one attached hydrogen (secondary N) is 1. The van der Waals surface area contributed by atoms with Crippen LogP contribution in [0.4, 0.5) is 11.4 Å². The Balaban J connectivity index is 1.91. The van der Waals surface area contributed by atoms with Gasteiger partial charge in [-0.1, -0.05) is 30.3 Å². The quantitative estimate of drug-likeness (QED) is 0.839. The molecule has 8 heteroatoms. The van der Waals surface area contributed by atoms with E-state index in [1.807, 2.05) is 6.07 Å². The molecule has 2 aromatic rings. The van der Waals surface area contributed by atoms with E-state index in [0.717, 1.165) is 0 Å². The lowest BCUT2D eigenvalue weighted by Crippen LogP contribution is -2.38. The van der Waals surface area contributed by atoms with Gasteiger partial charge < -0.3 is 10.4 Å². The number of phenolic OH excluding ortho intramolecular Hbond substituents is 1. The van der Waals surface area contributed by atoms with Crippen LogP contribution in [0.2, 0.25) is 0 Å². The van der Waals surface area contributed by atoms with Crippen LogP contribution < -0.4 is 10.3 Å². The minimum Gasteiger partial charge on any atom is -0.506 e. The third-order valence-corrected chi connectivity index (χ3v) is 3.38. The van der Waals surface area contributed by atoms with Crippen LogP contribution in [0.3, 0.4) is 0 Å². The molecule has 126 valence electrons. The molecular weight excluding hydrogens is 322 g/mol. The molecule has 0 bridgehead atoms. The smallest absolute Gasteiger partial charge is 0.282 e. The predicted octanol–water partition coefficient (Wildman–Crippen LogP) is 2.34. The van der Waals surface area contributed by atoms with Gasteiger partial charge in [-0.05, 0) is 24.3 Å². The van der Waals surface area contributed by atoms with Crippen molar-refractivity contribution in [3.8, 4) is 5.75 Å². The van der Waals surface area contributed by atoms with E-state index in [0.29, 0.717) is 5.69 Å². The molecule has 1 unspecified atom stereocenters. The van der Waals surface area contributed by atoms with Crippen molar-refractivity contribution in [2.75, 3.05) is 5.01 Å². The van der Waals surface area contributed by atoms with Crippen molar-refractivity contribution in [1.29, 1.82) is 0 Å². The van der Waals surface area contributed by atoms with Crippen molar-refractivity contribution in [2.24, 2.45) is 15.3 Å². The second-order valence-corrected chi connectivity index (χ2v) is 5.26. The van der Waals surface area contributed by atoms with E-state index in [9.17, 15) is 14.7 Å². The summed E-state index contributed by atoms with van der Waals surface area (Å²) >= 11 is 0. The zero-order chi connectivity index (χ0) is 17.8. The molecule has 1 aliphatic rings. The van der Waals surface area contributed by atoms with Crippen molar-refractivity contribution in [3.05, 3.63) is 54.6 Å². The van der Waals surface area contributed by atoms with Crippen molar-refractivity contribution in [3.63, 3.8) is 0 Å². The first-order chi connectivity index (χ1) is 12.1. The van der Waals surface area contributed by atoms with Gasteiger partial charge in [-0.25, -0.2) is 0 Å². The molecule has 1 atom stereocenters. The van der Waals surface area contributed by atoms with Gasteiger partial charge in [0.1, 0.15) is 11.4 Å². The number of carbonyl (C=O) groups is 2. The lowest BCUT2D eigenvalue weighted by atomic mass is 10.2. The molecule has 0 aromatic heterocycles. The molecule has 1 heterocycles. The number of amides is 2. The summed E-state index contributed by atoms with van der Waals surface area (Å²) in [6.45, 7) is 1.31. The van der Waals surface area contributed by atoms with Gasteiger partial charge in [-0.3, -0.25) is 9.59 Å². The third-order valence-electron chi connectivity index (χ3n) is 3.38. The van der Waals surface area contributed by atoms with Crippen LogP contribution in [-0.4, -0.2) is 28.8 Å². The number of anilines is 1. The Morgan fingerprint density at radius 1 is 1.16 bits per heavy atom. The van der Waals surface area contributed by atoms with E-state index < -0.39 is 11.9 Å². The number of hydrogen-bond acceptors (Lipinski definition) is 6. The number of nitrogens with zero attached hydrogens (tertiary/aromatic N) is 4. The van der Waals surface area contributed by atoms with Crippen molar-refractivity contribution >= 4 is 29.0 Å². The number of hydrogen-bond donors (Lipinski definition) is 2. The number of amidine groups is 1. The summed E-state index contributed by atoms with van der Waals surface area (Å²) in [5.74, 6) is -0.798. The molecular formula is C17H15N5O3. The summed E-state index contributed by atoms with van der Waals surface area (Å²) < 4.78 is 0. The normalized spacial score (nSPS) is 17.0. The highest BCUT2D eigenvalue weighted by Crippen LogP contribution is 2.27. The lowest BCUT2D eigenvalue weighted by molar-refractivity contribution is -0.117. The number of phenols is 1. The molecule has 2 amide bonds. The van der Waals surface area contributed by atoms with Gasteiger partial charge >= 0.3 is 0 Å². The largest absolute Gasteiger partial charge is 0.506 e. The fourth-order valence-electron chi connectivity index (χ4n) is 2.25. The molecule has 2 aromatic carbocycles. The van der Waals surface area contributed by atoms with E-state index in [-0.39, 0.29) is 23.2 Å². The van der Waals surface area contributed by atoms with Gasteiger partial charge in [0.25, 0.3) is 5.91 Å². The molecule has 0 radical (unpaired) electrons. The molecule has 0 aliphatic carbocycles. The van der Waals surface area contributed by atoms with Crippen molar-refractivity contribution in [2.45, 2.75) is 13.0 Å². The summed E-state index contributed by atoms with van der Waals surface area (Å²) in [4.78, 5) is 24.0. The molecule has 2 N–H and O–H groups in total. The fraction of sp³-hybridized carbons (Fsp3) is 0.118. The second-order valence-electron chi connectivity index (χ2n) is 5.26. The number of azo groups is 1. The van der Waals surface area contributed by atoms with Gasteiger partial charge in [0.05, 0.1) is 5.69 Å². The molecule has 3 rings (SSSR count). The van der Waals surface area contributed by atoms with E-state index >= 15 is 0 Å². The minimum atomic E-state index is -1.09. The zero-order valence-corrected chi connectivity index (χ0v) is 13.3. The fourth-order valence-corrected chi connectivity index (χ4v) is 2.25. The van der Waals surface area contributed by atoms with Crippen LogP contribution in [0.5, 0.6) is 5.75 Å². The number of hydrazone groups is 1. The molecule has 8 nitrogen and oxygen atoms in total. The van der Waals surface area contributed by atoms with Crippen molar-refractivity contribution in [1.82, 2.24) is 5.32 Å². The maximum atomic E-state index is 12.6. The first-order valence-corrected chi connectivity index (χ1v) is 7.50. The topological polar surface area (TPSA) is 107 Å². The summed E-state index contributed by atoms with van der Waals surface area (Å²) in [6, 6.07) is 14.1. The van der Waals surface area contributed by atoms with Crippen molar-refractivity contribution < 1.29 is 14.7 Å². The highest BCUT2D eigenvalue weighted by molar-refractivity contribution is 6.21. The summed E-state index contributed by atoms with van der Waals surface area (Å²) in [7, 11) is 0. The summed E-state index contributed by atoms with van der Waals surface area (Å²) in [5, 5.41) is 25.5. The third kappa shape index (κ3) is 3.52. The Bertz CT molecular complexity index is 864. The summed E-state index contributed by atoms with van der Waals surface area (Å²) in [5.41, 5.74) is 0.770. The molecule has 1 aliphatic heterocycles. The van der Waals surface area contributed by atoms with E-state index in [1.165, 1.54) is 18.0 Å². The van der Waals surface area contributed by atoms with Crippen LogP contribution in [0.15, 0.2) is 69.9 Å². The van der Waals surface area contributed by atoms with Crippen LogP contribution in [0, 0.1) is 0 Å². The average Bonchev–Trinajstić information content (AvgIpc) is 2.90. The van der Waals surface area contributed by atoms with Crippen LogP contribution in [-0.2, 0) is 9.59 Å². The van der Waals surface area contributed by atoms with Gasteiger partial charge in [-0.15, -0.1) is 5.10 Å². The van der Waals surface area contributed by atoms with Crippen LogP contribution in [0.1, 0.15) is 6.92 Å². The van der Waals surface area contributed by atoms with Gasteiger partial charge in [0.15, 0.2) is 5.84 Å². The molecule has 25 heavy (non-hydrogen) atoms. The molecule has 0 saturated heterocycles. The molecule has 0 fully saturated rings. The Hall–Kier alpha value is -3.55. The number of para-hydroxylation sites is 2. The predicted molar refractivity (Wildman–Crippen MR) is 91.6 cm³/mol. The SMILES string of the molecule is CC(=O)NC1=NN(c2ccccc2)C(=O)C1N=Nc1ccccc1O. The zero-order valence-electron chi connectivity index (χ0n) is 13.3. The Kier molecular flexibility index (Phi) is 4.51. The average molecular weight is 337 g/mol. The monoisotopic (exact) mass is 337 g/mol. The maximum Gasteiger partial charge on any atom is 0.282 e. The first-order valence-electron chi connectivity index (χ1n) is 7.50. The number of rotatable bonds is 3. The molecule has 0 saturated carbocycles. The second kappa shape index (κ2) is 6.91. The van der Waals surface area contributed by atoms with Gasteiger partial charge in [0, 0.05) is 6.92 Å².